The smallest absolute Gasteiger partial charge is 0.0792 e. The van der Waals surface area contributed by atoms with Crippen LogP contribution in [0.25, 0.3) is 0 Å². The van der Waals surface area contributed by atoms with Crippen molar-refractivity contribution in [3.05, 3.63) is 29.8 Å². The summed E-state index contributed by atoms with van der Waals surface area (Å²) < 4.78 is 0. The molecule has 0 radical (unpaired) electrons. The molecular weight excluding hydrogens is 184 g/mol. The molecule has 0 aromatic heterocycles. The van der Waals surface area contributed by atoms with E-state index in [0.29, 0.717) is 6.17 Å². The zero-order valence-corrected chi connectivity index (χ0v) is 9.24. The van der Waals surface area contributed by atoms with Gasteiger partial charge in [0.25, 0.3) is 0 Å². The summed E-state index contributed by atoms with van der Waals surface area (Å²) in [6.45, 7) is 1.18. The molecule has 2 unspecified atom stereocenters. The van der Waals surface area contributed by atoms with Gasteiger partial charge in [-0.15, -0.1) is 0 Å². The second-order valence-corrected chi connectivity index (χ2v) is 4.81. The minimum atomic E-state index is 0.544. The summed E-state index contributed by atoms with van der Waals surface area (Å²) in [6, 6.07) is 8.84. The van der Waals surface area contributed by atoms with Crippen LogP contribution in [0.15, 0.2) is 24.3 Å². The maximum Gasteiger partial charge on any atom is 0.0792 e. The first-order chi connectivity index (χ1) is 7.34. The largest absolute Gasteiger partial charge is 0.359 e. The van der Waals surface area contributed by atoms with E-state index in [0.717, 1.165) is 5.92 Å². The lowest BCUT2D eigenvalue weighted by atomic mass is 9.88. The predicted molar refractivity (Wildman–Crippen MR) is 63.1 cm³/mol. The third-order valence-corrected chi connectivity index (χ3v) is 3.84. The van der Waals surface area contributed by atoms with E-state index in [1.165, 1.54) is 37.1 Å². The van der Waals surface area contributed by atoms with Gasteiger partial charge in [-0.25, -0.2) is 0 Å². The van der Waals surface area contributed by atoms with Crippen molar-refractivity contribution in [3.63, 3.8) is 0 Å². The van der Waals surface area contributed by atoms with E-state index in [1.54, 1.807) is 0 Å². The third-order valence-electron chi connectivity index (χ3n) is 3.84. The summed E-state index contributed by atoms with van der Waals surface area (Å²) in [6.07, 6.45) is 4.44. The van der Waals surface area contributed by atoms with Gasteiger partial charge in [-0.1, -0.05) is 18.2 Å². The second kappa shape index (κ2) is 3.53. The van der Waals surface area contributed by atoms with Crippen LogP contribution in [-0.4, -0.2) is 19.8 Å². The summed E-state index contributed by atoms with van der Waals surface area (Å²) in [5.41, 5.74) is 2.94. The van der Waals surface area contributed by atoms with E-state index in [-0.39, 0.29) is 0 Å². The number of nitrogens with zero attached hydrogens (tertiary/aromatic N) is 1. The van der Waals surface area contributed by atoms with Gasteiger partial charge < -0.3 is 4.90 Å². The van der Waals surface area contributed by atoms with Gasteiger partial charge in [-0.2, -0.15) is 0 Å². The third kappa shape index (κ3) is 1.53. The maximum absolute atomic E-state index is 3.64. The van der Waals surface area contributed by atoms with E-state index >= 15 is 0 Å². The summed E-state index contributed by atoms with van der Waals surface area (Å²) in [7, 11) is 2.21. The molecule has 1 aromatic rings. The Kier molecular flexibility index (Phi) is 2.17. The average Bonchev–Trinajstić information content (AvgIpc) is 2.28. The minimum absolute atomic E-state index is 0.544. The number of para-hydroxylation sites is 1. The van der Waals surface area contributed by atoms with E-state index in [9.17, 15) is 0 Å². The van der Waals surface area contributed by atoms with Crippen LogP contribution < -0.4 is 10.2 Å². The summed E-state index contributed by atoms with van der Waals surface area (Å²) in [5, 5.41) is 3.64. The van der Waals surface area contributed by atoms with Crippen molar-refractivity contribution < 1.29 is 0 Å². The van der Waals surface area contributed by atoms with E-state index in [2.05, 4.69) is 41.5 Å². The fourth-order valence-corrected chi connectivity index (χ4v) is 2.91. The SMILES string of the molecule is CN1c2ccccc2CC2CCC1NC2. The molecule has 1 saturated heterocycles. The number of nitrogens with one attached hydrogen (secondary N) is 1. The van der Waals surface area contributed by atoms with Crippen LogP contribution in [0.4, 0.5) is 5.69 Å². The van der Waals surface area contributed by atoms with Crippen molar-refractivity contribution in [2.45, 2.75) is 25.4 Å². The normalized spacial score (nSPS) is 29.5. The van der Waals surface area contributed by atoms with Crippen molar-refractivity contribution in [1.29, 1.82) is 0 Å². The van der Waals surface area contributed by atoms with Gasteiger partial charge >= 0.3 is 0 Å². The molecule has 2 bridgehead atoms. The Hall–Kier alpha value is -1.02. The van der Waals surface area contributed by atoms with Gasteiger partial charge in [0.1, 0.15) is 0 Å². The highest BCUT2D eigenvalue weighted by Gasteiger charge is 2.28. The van der Waals surface area contributed by atoms with Crippen LogP contribution in [0, 0.1) is 5.92 Å². The molecular formula is C13H18N2. The maximum atomic E-state index is 3.64. The molecule has 3 heterocycles. The lowest BCUT2D eigenvalue weighted by molar-refractivity contribution is 0.298. The molecule has 0 spiro atoms. The van der Waals surface area contributed by atoms with Crippen LogP contribution >= 0.6 is 0 Å². The molecule has 2 atom stereocenters. The van der Waals surface area contributed by atoms with Gasteiger partial charge in [0, 0.05) is 19.3 Å². The number of rotatable bonds is 0. The molecule has 2 nitrogen and oxygen atoms in total. The Morgan fingerprint density at radius 3 is 2.93 bits per heavy atom. The number of piperidine rings is 1. The van der Waals surface area contributed by atoms with Crippen molar-refractivity contribution in [2.75, 3.05) is 18.5 Å². The van der Waals surface area contributed by atoms with Crippen molar-refractivity contribution >= 4 is 5.69 Å². The Morgan fingerprint density at radius 1 is 1.27 bits per heavy atom. The summed E-state index contributed by atoms with van der Waals surface area (Å²) in [4.78, 5) is 2.41. The first-order valence-electron chi connectivity index (χ1n) is 5.89. The second-order valence-electron chi connectivity index (χ2n) is 4.81. The number of anilines is 1. The molecule has 3 aliphatic rings. The predicted octanol–water partition coefficient (Wildman–Crippen LogP) is 2.00. The van der Waals surface area contributed by atoms with Crippen molar-refractivity contribution in [2.24, 2.45) is 5.92 Å². The van der Waals surface area contributed by atoms with Gasteiger partial charge in [0.05, 0.1) is 6.17 Å². The molecule has 80 valence electrons. The number of fused-ring (bicyclic) bond motifs is 2. The van der Waals surface area contributed by atoms with Crippen LogP contribution in [0.1, 0.15) is 18.4 Å². The van der Waals surface area contributed by atoms with Crippen molar-refractivity contribution in [3.8, 4) is 0 Å². The molecule has 1 aromatic carbocycles. The molecule has 1 fully saturated rings. The molecule has 0 saturated carbocycles. The van der Waals surface area contributed by atoms with Gasteiger partial charge in [-0.05, 0) is 36.8 Å². The first kappa shape index (κ1) is 9.22. The molecule has 3 aliphatic heterocycles. The minimum Gasteiger partial charge on any atom is -0.359 e. The van der Waals surface area contributed by atoms with Crippen molar-refractivity contribution in [1.82, 2.24) is 5.32 Å². The lowest BCUT2D eigenvalue weighted by Crippen LogP contribution is -2.51. The summed E-state index contributed by atoms with van der Waals surface area (Å²) in [5.74, 6) is 0.844. The zero-order chi connectivity index (χ0) is 10.3. The molecule has 15 heavy (non-hydrogen) atoms. The Balaban J connectivity index is 2.05. The molecule has 4 rings (SSSR count). The van der Waals surface area contributed by atoms with Crippen LogP contribution in [0.5, 0.6) is 0 Å². The van der Waals surface area contributed by atoms with Gasteiger partial charge in [0.2, 0.25) is 0 Å². The van der Waals surface area contributed by atoms with Gasteiger partial charge in [-0.3, -0.25) is 5.32 Å². The lowest BCUT2D eigenvalue weighted by Gasteiger charge is -2.41. The Labute approximate surface area is 91.3 Å². The number of benzene rings is 1. The zero-order valence-electron chi connectivity index (χ0n) is 9.24. The van der Waals surface area contributed by atoms with Crippen LogP contribution in [0.2, 0.25) is 0 Å². The fourth-order valence-electron chi connectivity index (χ4n) is 2.91. The highest BCUT2D eigenvalue weighted by Crippen LogP contribution is 2.31. The topological polar surface area (TPSA) is 15.3 Å². The summed E-state index contributed by atoms with van der Waals surface area (Å²) >= 11 is 0. The van der Waals surface area contributed by atoms with E-state index < -0.39 is 0 Å². The van der Waals surface area contributed by atoms with E-state index in [4.69, 9.17) is 0 Å². The number of hydrogen-bond acceptors (Lipinski definition) is 2. The molecule has 0 amide bonds. The van der Waals surface area contributed by atoms with Crippen LogP contribution in [0.3, 0.4) is 0 Å². The van der Waals surface area contributed by atoms with Gasteiger partial charge in [0.15, 0.2) is 0 Å². The standard InChI is InChI=1S/C13H18N2/c1-15-12-5-3-2-4-11(12)8-10-6-7-13(15)14-9-10/h2-5,10,13-14H,6-9H2,1H3. The highest BCUT2D eigenvalue weighted by atomic mass is 15.3. The molecule has 1 N–H and O–H groups in total. The highest BCUT2D eigenvalue weighted by molar-refractivity contribution is 5.54. The quantitative estimate of drug-likeness (QED) is 0.692. The number of hydrogen-bond donors (Lipinski definition) is 1. The van der Waals surface area contributed by atoms with E-state index in [1.807, 2.05) is 0 Å². The first-order valence-corrected chi connectivity index (χ1v) is 5.89. The average molecular weight is 202 g/mol. The Bertz CT molecular complexity index is 353. The fraction of sp³-hybridized carbons (Fsp3) is 0.538. The Morgan fingerprint density at radius 2 is 2.13 bits per heavy atom. The molecule has 0 aliphatic carbocycles. The molecule has 2 heteroatoms. The van der Waals surface area contributed by atoms with Crippen LogP contribution in [-0.2, 0) is 6.42 Å². The monoisotopic (exact) mass is 202 g/mol.